The van der Waals surface area contributed by atoms with Gasteiger partial charge in [0.05, 0.1) is 31.8 Å². The number of hydrogen-bond donors (Lipinski definition) is 1. The highest BCUT2D eigenvalue weighted by molar-refractivity contribution is 5.75. The molecule has 8 nitrogen and oxygen atoms in total. The molecule has 2 heterocycles. The molecule has 0 aromatic heterocycles. The third-order valence-electron chi connectivity index (χ3n) is 7.48. The standard InChI is InChI=1S/C28H41NO7/c1-17(2)8-11-23-27(5,36-23)26-25(32-7)21(12-13-28(26)16-33-28)35-24(30)15-29-19-9-10-20(31-6)22(14-19)34-18(3)4/h8-10,14,18,21,23,25-26,29H,11-13,15-16H2,1-7H3/t21-,23-,25-,26-,27+,28+/m1/s1. The van der Waals surface area contributed by atoms with Gasteiger partial charge in [0.1, 0.15) is 30.0 Å². The van der Waals surface area contributed by atoms with Crippen molar-refractivity contribution in [2.75, 3.05) is 32.7 Å². The molecule has 1 aromatic rings. The quantitative estimate of drug-likeness (QED) is 0.268. The Bertz CT molecular complexity index is 969. The van der Waals surface area contributed by atoms with Crippen molar-refractivity contribution in [3.63, 3.8) is 0 Å². The maximum Gasteiger partial charge on any atom is 0.325 e. The lowest BCUT2D eigenvalue weighted by Gasteiger charge is -2.42. The van der Waals surface area contributed by atoms with Gasteiger partial charge in [0.2, 0.25) is 0 Å². The average Bonchev–Trinajstić information content (AvgIpc) is 3.74. The molecular formula is C28H41NO7. The summed E-state index contributed by atoms with van der Waals surface area (Å²) in [6.45, 7) is 11.0. The molecule has 6 atom stereocenters. The van der Waals surface area contributed by atoms with Crippen molar-refractivity contribution >= 4 is 11.7 Å². The van der Waals surface area contributed by atoms with E-state index in [1.807, 2.05) is 32.0 Å². The van der Waals surface area contributed by atoms with Crippen molar-refractivity contribution < 1.29 is 33.2 Å². The van der Waals surface area contributed by atoms with E-state index < -0.39 is 0 Å². The predicted molar refractivity (Wildman–Crippen MR) is 137 cm³/mol. The van der Waals surface area contributed by atoms with Crippen LogP contribution in [0.5, 0.6) is 11.5 Å². The van der Waals surface area contributed by atoms with Gasteiger partial charge in [-0.3, -0.25) is 4.79 Å². The number of carbonyl (C=O) groups excluding carboxylic acids is 1. The van der Waals surface area contributed by atoms with Crippen molar-refractivity contribution in [2.24, 2.45) is 5.92 Å². The van der Waals surface area contributed by atoms with Gasteiger partial charge in [-0.25, -0.2) is 0 Å². The molecule has 2 aliphatic heterocycles. The minimum absolute atomic E-state index is 0.00185. The van der Waals surface area contributed by atoms with Gasteiger partial charge in [0, 0.05) is 18.9 Å². The molecule has 200 valence electrons. The van der Waals surface area contributed by atoms with Crippen molar-refractivity contribution in [1.29, 1.82) is 0 Å². The van der Waals surface area contributed by atoms with E-state index in [0.29, 0.717) is 24.5 Å². The van der Waals surface area contributed by atoms with Gasteiger partial charge in [-0.05, 0) is 66.0 Å². The van der Waals surface area contributed by atoms with Crippen LogP contribution in [-0.4, -0.2) is 69.0 Å². The van der Waals surface area contributed by atoms with E-state index in [4.69, 9.17) is 28.4 Å². The van der Waals surface area contributed by atoms with E-state index in [1.165, 1.54) is 5.57 Å². The Labute approximate surface area is 214 Å². The van der Waals surface area contributed by atoms with E-state index in [-0.39, 0.29) is 54.0 Å². The molecule has 4 rings (SSSR count). The van der Waals surface area contributed by atoms with Crippen LogP contribution in [0.25, 0.3) is 0 Å². The number of benzene rings is 1. The number of epoxide rings is 2. The molecule has 1 spiro atoms. The molecule has 3 fully saturated rings. The number of anilines is 1. The van der Waals surface area contributed by atoms with Crippen LogP contribution in [0.4, 0.5) is 5.69 Å². The molecule has 1 saturated carbocycles. The molecule has 1 aromatic carbocycles. The first-order valence-electron chi connectivity index (χ1n) is 12.9. The summed E-state index contributed by atoms with van der Waals surface area (Å²) in [7, 11) is 3.28. The number of methoxy groups -OCH3 is 2. The summed E-state index contributed by atoms with van der Waals surface area (Å²) in [6, 6.07) is 5.49. The number of carbonyl (C=O) groups is 1. The lowest BCUT2D eigenvalue weighted by atomic mass is 9.68. The molecule has 3 aliphatic rings. The Kier molecular flexibility index (Phi) is 7.88. The Morgan fingerprint density at radius 2 is 2.00 bits per heavy atom. The second-order valence-corrected chi connectivity index (χ2v) is 10.8. The maximum absolute atomic E-state index is 12.9. The smallest absolute Gasteiger partial charge is 0.325 e. The largest absolute Gasteiger partial charge is 0.493 e. The SMILES string of the molecule is COc1ccc(NCC(=O)O[C@@H]2CC[C@]3(CO3)[C@@H]([C@@]3(C)O[C@@H]3CC=C(C)C)[C@@H]2OC)cc1OC(C)C. The molecule has 2 saturated heterocycles. The van der Waals surface area contributed by atoms with Crippen LogP contribution in [0, 0.1) is 5.92 Å². The van der Waals surface area contributed by atoms with Gasteiger partial charge >= 0.3 is 5.97 Å². The third-order valence-corrected chi connectivity index (χ3v) is 7.48. The minimum atomic E-state index is -0.359. The van der Waals surface area contributed by atoms with Crippen LogP contribution < -0.4 is 14.8 Å². The summed E-state index contributed by atoms with van der Waals surface area (Å²) >= 11 is 0. The minimum Gasteiger partial charge on any atom is -0.493 e. The summed E-state index contributed by atoms with van der Waals surface area (Å²) in [5.74, 6) is 0.930. The van der Waals surface area contributed by atoms with Gasteiger partial charge in [0.25, 0.3) is 0 Å². The number of hydrogen-bond acceptors (Lipinski definition) is 8. The second kappa shape index (κ2) is 10.6. The Hall–Kier alpha value is -2.29. The zero-order chi connectivity index (χ0) is 26.1. The van der Waals surface area contributed by atoms with Gasteiger partial charge in [0.15, 0.2) is 11.5 Å². The number of nitrogens with one attached hydrogen (secondary N) is 1. The molecule has 36 heavy (non-hydrogen) atoms. The van der Waals surface area contributed by atoms with E-state index in [9.17, 15) is 4.79 Å². The predicted octanol–water partition coefficient (Wildman–Crippen LogP) is 4.51. The first kappa shape index (κ1) is 26.8. The van der Waals surface area contributed by atoms with Crippen LogP contribution in [0.1, 0.15) is 53.9 Å². The zero-order valence-electron chi connectivity index (χ0n) is 22.6. The Morgan fingerprint density at radius 1 is 1.25 bits per heavy atom. The van der Waals surface area contributed by atoms with Crippen LogP contribution in [0.3, 0.4) is 0 Å². The van der Waals surface area contributed by atoms with Crippen molar-refractivity contribution in [3.8, 4) is 11.5 Å². The fourth-order valence-corrected chi connectivity index (χ4v) is 5.59. The summed E-state index contributed by atoms with van der Waals surface area (Å²) in [5, 5.41) is 3.14. The lowest BCUT2D eigenvalue weighted by molar-refractivity contribution is -0.170. The van der Waals surface area contributed by atoms with Crippen molar-refractivity contribution in [3.05, 3.63) is 29.8 Å². The molecule has 0 radical (unpaired) electrons. The number of esters is 1. The normalized spacial score (nSPS) is 32.7. The fourth-order valence-electron chi connectivity index (χ4n) is 5.59. The fraction of sp³-hybridized carbons (Fsp3) is 0.679. The van der Waals surface area contributed by atoms with Gasteiger partial charge in [-0.2, -0.15) is 0 Å². The maximum atomic E-state index is 12.9. The zero-order valence-corrected chi connectivity index (χ0v) is 22.6. The van der Waals surface area contributed by atoms with Crippen LogP contribution >= 0.6 is 0 Å². The monoisotopic (exact) mass is 503 g/mol. The van der Waals surface area contributed by atoms with Crippen LogP contribution in [0.15, 0.2) is 29.8 Å². The van der Waals surface area contributed by atoms with E-state index in [1.54, 1.807) is 14.2 Å². The highest BCUT2D eigenvalue weighted by atomic mass is 16.6. The molecule has 0 amide bonds. The summed E-state index contributed by atoms with van der Waals surface area (Å²) in [4.78, 5) is 12.9. The highest BCUT2D eigenvalue weighted by Crippen LogP contribution is 2.59. The first-order chi connectivity index (χ1) is 17.1. The molecule has 0 unspecified atom stereocenters. The van der Waals surface area contributed by atoms with Crippen molar-refractivity contribution in [2.45, 2.75) is 89.5 Å². The van der Waals surface area contributed by atoms with E-state index >= 15 is 0 Å². The summed E-state index contributed by atoms with van der Waals surface area (Å²) < 4.78 is 35.3. The molecular weight excluding hydrogens is 462 g/mol. The average molecular weight is 504 g/mol. The summed E-state index contributed by atoms with van der Waals surface area (Å²) in [6.07, 6.45) is 4.06. The Morgan fingerprint density at radius 3 is 2.61 bits per heavy atom. The first-order valence-corrected chi connectivity index (χ1v) is 12.9. The number of rotatable bonds is 11. The topological polar surface area (TPSA) is 91.1 Å². The van der Waals surface area contributed by atoms with E-state index in [0.717, 1.165) is 18.5 Å². The molecule has 8 heteroatoms. The number of allylic oxidation sites excluding steroid dienone is 1. The van der Waals surface area contributed by atoms with Crippen molar-refractivity contribution in [1.82, 2.24) is 0 Å². The molecule has 1 N–H and O–H groups in total. The van der Waals surface area contributed by atoms with Gasteiger partial charge in [-0.15, -0.1) is 0 Å². The highest BCUT2D eigenvalue weighted by Gasteiger charge is 2.72. The second-order valence-electron chi connectivity index (χ2n) is 10.8. The van der Waals surface area contributed by atoms with E-state index in [2.05, 4.69) is 32.2 Å². The van der Waals surface area contributed by atoms with Gasteiger partial charge < -0.3 is 33.7 Å². The van der Waals surface area contributed by atoms with Crippen LogP contribution in [0.2, 0.25) is 0 Å². The summed E-state index contributed by atoms with van der Waals surface area (Å²) in [5.41, 5.74) is 1.42. The molecule has 0 bridgehead atoms. The molecule has 1 aliphatic carbocycles. The Balaban J connectivity index is 1.39. The third kappa shape index (κ3) is 5.66. The lowest BCUT2D eigenvalue weighted by Crippen LogP contribution is -2.55. The van der Waals surface area contributed by atoms with Crippen LogP contribution in [-0.2, 0) is 23.7 Å². The van der Waals surface area contributed by atoms with Gasteiger partial charge in [-0.1, -0.05) is 11.6 Å². The number of ether oxygens (including phenoxy) is 6.